The molecule has 1 aromatic carbocycles. The molecule has 1 aromatic rings. The van der Waals surface area contributed by atoms with Crippen LogP contribution in [0.5, 0.6) is 0 Å². The highest BCUT2D eigenvalue weighted by molar-refractivity contribution is 6.17. The summed E-state index contributed by atoms with van der Waals surface area (Å²) in [6.07, 6.45) is 0. The quantitative estimate of drug-likeness (QED) is 0.673. The number of nitrogens with zero attached hydrogens (tertiary/aromatic N) is 1. The summed E-state index contributed by atoms with van der Waals surface area (Å²) in [7, 11) is 0. The molecule has 0 amide bonds. The van der Waals surface area contributed by atoms with Crippen LogP contribution in [-0.2, 0) is 5.88 Å². The number of rotatable bonds is 6. The molecule has 1 nitrogen and oxygen atoms in total. The van der Waals surface area contributed by atoms with Crippen LogP contribution in [0, 0.1) is 11.8 Å². The normalized spacial score (nSPS) is 11.2. The molecule has 0 heterocycles. The Kier molecular flexibility index (Phi) is 5.84. The summed E-state index contributed by atoms with van der Waals surface area (Å²) in [6, 6.07) is 8.61. The molecule has 0 unspecified atom stereocenters. The van der Waals surface area contributed by atoms with Gasteiger partial charge < -0.3 is 4.90 Å². The third-order valence-electron chi connectivity index (χ3n) is 2.63. The van der Waals surface area contributed by atoms with Gasteiger partial charge in [0.05, 0.1) is 0 Å². The van der Waals surface area contributed by atoms with Crippen LogP contribution in [-0.4, -0.2) is 13.1 Å². The van der Waals surface area contributed by atoms with Gasteiger partial charge >= 0.3 is 0 Å². The molecule has 0 aliphatic heterocycles. The topological polar surface area (TPSA) is 3.24 Å². The van der Waals surface area contributed by atoms with Gasteiger partial charge in [-0.25, -0.2) is 0 Å². The molecule has 0 aliphatic rings. The highest BCUT2D eigenvalue weighted by Gasteiger charge is 2.10. The van der Waals surface area contributed by atoms with Crippen LogP contribution in [0.25, 0.3) is 0 Å². The van der Waals surface area contributed by atoms with Crippen molar-refractivity contribution in [3.63, 3.8) is 0 Å². The van der Waals surface area contributed by atoms with Crippen molar-refractivity contribution in [2.24, 2.45) is 11.8 Å². The fraction of sp³-hybridized carbons (Fsp3) is 0.600. The lowest BCUT2D eigenvalue weighted by Crippen LogP contribution is -2.31. The molecule has 1 rings (SSSR count). The van der Waals surface area contributed by atoms with Crippen molar-refractivity contribution in [3.8, 4) is 0 Å². The minimum atomic E-state index is 0.592. The molecule has 17 heavy (non-hydrogen) atoms. The van der Waals surface area contributed by atoms with Crippen LogP contribution in [0.3, 0.4) is 0 Å². The maximum Gasteiger partial charge on any atom is 0.0474 e. The van der Waals surface area contributed by atoms with E-state index in [0.717, 1.165) is 13.1 Å². The Hall–Kier alpha value is -0.690. The summed E-state index contributed by atoms with van der Waals surface area (Å²) in [4.78, 5) is 2.47. The van der Waals surface area contributed by atoms with Gasteiger partial charge in [-0.2, -0.15) is 0 Å². The van der Waals surface area contributed by atoms with Crippen molar-refractivity contribution < 1.29 is 0 Å². The molecule has 0 bridgehead atoms. The van der Waals surface area contributed by atoms with Crippen molar-refractivity contribution in [1.82, 2.24) is 0 Å². The standard InChI is InChI=1S/C15H24ClN/c1-12(2)10-17(11-13(3)4)15-7-5-14(9-16)6-8-15/h5-8,12-13H,9-11H2,1-4H3. The fourth-order valence-electron chi connectivity index (χ4n) is 1.96. The van der Waals surface area contributed by atoms with Crippen LogP contribution in [0.2, 0.25) is 0 Å². The Labute approximate surface area is 111 Å². The number of anilines is 1. The molecule has 96 valence electrons. The summed E-state index contributed by atoms with van der Waals surface area (Å²) in [5.41, 5.74) is 2.49. The number of hydrogen-bond acceptors (Lipinski definition) is 1. The highest BCUT2D eigenvalue weighted by Crippen LogP contribution is 2.19. The Morgan fingerprint density at radius 1 is 0.941 bits per heavy atom. The summed E-state index contributed by atoms with van der Waals surface area (Å²) in [5, 5.41) is 0. The van der Waals surface area contributed by atoms with Gasteiger partial charge in [-0.3, -0.25) is 0 Å². The summed E-state index contributed by atoms with van der Waals surface area (Å²) in [5.74, 6) is 1.96. The third kappa shape index (κ3) is 4.99. The Morgan fingerprint density at radius 3 is 1.76 bits per heavy atom. The van der Waals surface area contributed by atoms with E-state index in [1.165, 1.54) is 11.3 Å². The van der Waals surface area contributed by atoms with Crippen molar-refractivity contribution in [2.75, 3.05) is 18.0 Å². The van der Waals surface area contributed by atoms with Crippen LogP contribution >= 0.6 is 11.6 Å². The van der Waals surface area contributed by atoms with Crippen LogP contribution in [0.15, 0.2) is 24.3 Å². The first kappa shape index (κ1) is 14.4. The van der Waals surface area contributed by atoms with E-state index in [-0.39, 0.29) is 0 Å². The average Bonchev–Trinajstić information content (AvgIpc) is 2.27. The van der Waals surface area contributed by atoms with Gasteiger partial charge in [0.15, 0.2) is 0 Å². The lowest BCUT2D eigenvalue weighted by atomic mass is 10.1. The Morgan fingerprint density at radius 2 is 1.41 bits per heavy atom. The van der Waals surface area contributed by atoms with Gasteiger partial charge in [0.2, 0.25) is 0 Å². The van der Waals surface area contributed by atoms with E-state index in [4.69, 9.17) is 11.6 Å². The fourth-order valence-corrected chi connectivity index (χ4v) is 2.14. The molecule has 0 saturated carbocycles. The first-order valence-corrected chi connectivity index (χ1v) is 6.96. The van der Waals surface area contributed by atoms with Gasteiger partial charge in [0, 0.05) is 24.7 Å². The molecule has 0 atom stereocenters. The van der Waals surface area contributed by atoms with Crippen molar-refractivity contribution in [1.29, 1.82) is 0 Å². The highest BCUT2D eigenvalue weighted by atomic mass is 35.5. The molecule has 0 aromatic heterocycles. The van der Waals surface area contributed by atoms with E-state index in [0.29, 0.717) is 17.7 Å². The van der Waals surface area contributed by atoms with Gasteiger partial charge in [0.1, 0.15) is 0 Å². The lowest BCUT2D eigenvalue weighted by molar-refractivity contribution is 0.553. The second-order valence-electron chi connectivity index (χ2n) is 5.49. The zero-order chi connectivity index (χ0) is 12.8. The maximum absolute atomic E-state index is 5.81. The van der Waals surface area contributed by atoms with E-state index in [2.05, 4.69) is 56.9 Å². The molecular formula is C15H24ClN. The number of alkyl halides is 1. The molecule has 0 aliphatic carbocycles. The monoisotopic (exact) mass is 253 g/mol. The zero-order valence-electron chi connectivity index (χ0n) is 11.4. The number of hydrogen-bond donors (Lipinski definition) is 0. The first-order chi connectivity index (χ1) is 8.02. The first-order valence-electron chi connectivity index (χ1n) is 6.42. The molecule has 0 fully saturated rings. The number of halogens is 1. The van der Waals surface area contributed by atoms with Crippen LogP contribution < -0.4 is 4.90 Å². The van der Waals surface area contributed by atoms with E-state index in [1.54, 1.807) is 0 Å². The zero-order valence-corrected chi connectivity index (χ0v) is 12.2. The van der Waals surface area contributed by atoms with Gasteiger partial charge in [-0.15, -0.1) is 11.6 Å². The van der Waals surface area contributed by atoms with E-state index < -0.39 is 0 Å². The predicted octanol–water partition coefficient (Wildman–Crippen LogP) is 4.54. The SMILES string of the molecule is CC(C)CN(CC(C)C)c1ccc(CCl)cc1. The maximum atomic E-state index is 5.81. The van der Waals surface area contributed by atoms with Crippen molar-refractivity contribution in [2.45, 2.75) is 33.6 Å². The average molecular weight is 254 g/mol. The molecule has 2 heteroatoms. The van der Waals surface area contributed by atoms with E-state index in [9.17, 15) is 0 Å². The minimum Gasteiger partial charge on any atom is -0.371 e. The van der Waals surface area contributed by atoms with Gasteiger partial charge in [-0.05, 0) is 29.5 Å². The smallest absolute Gasteiger partial charge is 0.0474 e. The summed E-state index contributed by atoms with van der Waals surface area (Å²) >= 11 is 5.81. The van der Waals surface area contributed by atoms with E-state index >= 15 is 0 Å². The van der Waals surface area contributed by atoms with Crippen molar-refractivity contribution in [3.05, 3.63) is 29.8 Å². The summed E-state index contributed by atoms with van der Waals surface area (Å²) in [6.45, 7) is 11.3. The molecular weight excluding hydrogens is 230 g/mol. The largest absolute Gasteiger partial charge is 0.371 e. The Bertz CT molecular complexity index is 306. The van der Waals surface area contributed by atoms with Crippen LogP contribution in [0.4, 0.5) is 5.69 Å². The predicted molar refractivity (Wildman–Crippen MR) is 77.9 cm³/mol. The molecule has 0 saturated heterocycles. The molecule has 0 spiro atoms. The van der Waals surface area contributed by atoms with Gasteiger partial charge in [0.25, 0.3) is 0 Å². The van der Waals surface area contributed by atoms with Gasteiger partial charge in [-0.1, -0.05) is 39.8 Å². The number of benzene rings is 1. The minimum absolute atomic E-state index is 0.592. The second-order valence-corrected chi connectivity index (χ2v) is 5.76. The van der Waals surface area contributed by atoms with Crippen molar-refractivity contribution >= 4 is 17.3 Å². The summed E-state index contributed by atoms with van der Waals surface area (Å²) < 4.78 is 0. The molecule has 0 radical (unpaired) electrons. The van der Waals surface area contributed by atoms with Crippen LogP contribution in [0.1, 0.15) is 33.3 Å². The van der Waals surface area contributed by atoms with E-state index in [1.807, 2.05) is 0 Å². The Balaban J connectivity index is 2.79. The lowest BCUT2D eigenvalue weighted by Gasteiger charge is -2.28. The molecule has 0 N–H and O–H groups in total. The third-order valence-corrected chi connectivity index (χ3v) is 2.94. The second kappa shape index (κ2) is 6.90.